The molecular formula is C31H30ClF4N3O2. The number of alkyl halides is 3. The van der Waals surface area contributed by atoms with Crippen molar-refractivity contribution in [1.82, 2.24) is 15.6 Å². The van der Waals surface area contributed by atoms with Gasteiger partial charge in [-0.05, 0) is 60.2 Å². The van der Waals surface area contributed by atoms with Gasteiger partial charge in [-0.1, -0.05) is 61.0 Å². The zero-order valence-electron chi connectivity index (χ0n) is 22.3. The number of fused-ring (bicyclic) bond motifs is 1. The van der Waals surface area contributed by atoms with Crippen molar-refractivity contribution >= 4 is 23.9 Å². The summed E-state index contributed by atoms with van der Waals surface area (Å²) in [6.07, 6.45) is 4.09. The largest absolute Gasteiger partial charge is 0.416 e. The minimum Gasteiger partial charge on any atom is -0.335 e. The first-order valence-electron chi connectivity index (χ1n) is 13.3. The van der Waals surface area contributed by atoms with Crippen molar-refractivity contribution in [2.75, 3.05) is 0 Å². The summed E-state index contributed by atoms with van der Waals surface area (Å²) in [4.78, 5) is 27.1. The predicted molar refractivity (Wildman–Crippen MR) is 149 cm³/mol. The maximum atomic E-state index is 14.6. The van der Waals surface area contributed by atoms with E-state index in [0.29, 0.717) is 29.0 Å². The van der Waals surface area contributed by atoms with Crippen molar-refractivity contribution < 1.29 is 27.2 Å². The number of aromatic nitrogens is 1. The summed E-state index contributed by atoms with van der Waals surface area (Å²) in [5, 5.41) is 6.12. The molecule has 2 aliphatic carbocycles. The van der Waals surface area contributed by atoms with Crippen molar-refractivity contribution in [1.29, 1.82) is 0 Å². The van der Waals surface area contributed by atoms with Gasteiger partial charge in [0.2, 0.25) is 0 Å². The summed E-state index contributed by atoms with van der Waals surface area (Å²) in [7, 11) is 0. The van der Waals surface area contributed by atoms with Gasteiger partial charge in [0.15, 0.2) is 0 Å². The minimum absolute atomic E-state index is 0.0211. The summed E-state index contributed by atoms with van der Waals surface area (Å²) in [6, 6.07) is 13.6. The fourth-order valence-electron chi connectivity index (χ4n) is 5.04. The van der Waals surface area contributed by atoms with E-state index in [0.717, 1.165) is 31.3 Å². The van der Waals surface area contributed by atoms with Gasteiger partial charge in [0.25, 0.3) is 0 Å². The lowest BCUT2D eigenvalue weighted by Gasteiger charge is -2.48. The zero-order chi connectivity index (χ0) is 29.6. The number of nitrogens with one attached hydrogen (secondary N) is 2. The Bertz CT molecular complexity index is 1380. The molecule has 2 unspecified atom stereocenters. The summed E-state index contributed by atoms with van der Waals surface area (Å²) >= 11 is 6.04. The molecule has 10 heteroatoms. The second kappa shape index (κ2) is 12.9. The highest BCUT2D eigenvalue weighted by atomic mass is 35.5. The highest BCUT2D eigenvalue weighted by molar-refractivity contribution is 6.30. The lowest BCUT2D eigenvalue weighted by atomic mass is 9.62. The zero-order valence-corrected chi connectivity index (χ0v) is 23.1. The van der Waals surface area contributed by atoms with Gasteiger partial charge in [0.05, 0.1) is 16.3 Å². The van der Waals surface area contributed by atoms with Crippen LogP contribution in [0.5, 0.6) is 0 Å². The molecule has 1 fully saturated rings. The van der Waals surface area contributed by atoms with E-state index in [1.807, 2.05) is 13.0 Å². The number of aldehydes is 1. The van der Waals surface area contributed by atoms with Crippen molar-refractivity contribution in [2.45, 2.75) is 50.4 Å². The van der Waals surface area contributed by atoms with E-state index in [1.54, 1.807) is 30.3 Å². The number of hydrogen-bond acceptors (Lipinski definition) is 3. The topological polar surface area (TPSA) is 71.1 Å². The standard InChI is InChI=1S/C27H22ClF4N3O.C4H8O/c28-20-7-9-24(33-15-20)26(14-16-4-2-1-3-5-16,18-11-19(27(30,31)32)13-21(29)12-18)35-25(36)34-23-10-17-6-8-22(17)23;1-2-3-4-5/h1-9,11-13,15,17,22-23H,10,14H2,(H2,34,35,36);4H,2-3H2,1H3/t17?,22?,23-,26+;/m1./s1. The average Bonchev–Trinajstić information content (AvgIpc) is 2.92. The third-order valence-corrected chi connectivity index (χ3v) is 7.53. The van der Waals surface area contributed by atoms with Gasteiger partial charge >= 0.3 is 12.2 Å². The third kappa shape index (κ3) is 7.14. The number of pyridine rings is 1. The molecule has 0 spiro atoms. The van der Waals surface area contributed by atoms with Crippen LogP contribution in [0.1, 0.15) is 48.6 Å². The molecule has 41 heavy (non-hydrogen) atoms. The monoisotopic (exact) mass is 587 g/mol. The van der Waals surface area contributed by atoms with Crippen LogP contribution in [-0.2, 0) is 22.9 Å². The Kier molecular flexibility index (Phi) is 9.48. The second-order valence-corrected chi connectivity index (χ2v) is 10.6. The number of rotatable bonds is 8. The number of allylic oxidation sites excluding steroid dienone is 1. The van der Waals surface area contributed by atoms with Crippen LogP contribution in [0.4, 0.5) is 22.4 Å². The van der Waals surface area contributed by atoms with Crippen LogP contribution in [0.2, 0.25) is 5.02 Å². The molecule has 2 amide bonds. The molecule has 1 heterocycles. The molecule has 2 aromatic carbocycles. The second-order valence-electron chi connectivity index (χ2n) is 10.2. The number of unbranched alkanes of at least 4 members (excludes halogenated alkanes) is 1. The summed E-state index contributed by atoms with van der Waals surface area (Å²) in [5.74, 6) is -0.381. The van der Waals surface area contributed by atoms with E-state index in [4.69, 9.17) is 11.6 Å². The number of carbonyl (C=O) groups excluding carboxylic acids is 2. The van der Waals surface area contributed by atoms with E-state index in [9.17, 15) is 27.2 Å². The smallest absolute Gasteiger partial charge is 0.335 e. The number of carbonyl (C=O) groups is 2. The van der Waals surface area contributed by atoms with Gasteiger partial charge < -0.3 is 15.4 Å². The van der Waals surface area contributed by atoms with Crippen LogP contribution >= 0.6 is 11.6 Å². The molecule has 216 valence electrons. The Balaban J connectivity index is 0.000000714. The molecule has 2 aliphatic rings. The first-order chi connectivity index (χ1) is 19.6. The fraction of sp³-hybridized carbons (Fsp3) is 0.323. The van der Waals surface area contributed by atoms with Crippen molar-refractivity contribution in [3.05, 3.63) is 112 Å². The maximum absolute atomic E-state index is 14.6. The quantitative estimate of drug-likeness (QED) is 0.166. The Morgan fingerprint density at radius 2 is 1.80 bits per heavy atom. The lowest BCUT2D eigenvalue weighted by molar-refractivity contribution is -0.137. The summed E-state index contributed by atoms with van der Waals surface area (Å²) in [6.45, 7) is 1.98. The Hall–Kier alpha value is -3.72. The van der Waals surface area contributed by atoms with E-state index in [-0.39, 0.29) is 29.6 Å². The van der Waals surface area contributed by atoms with Crippen LogP contribution in [0.25, 0.3) is 0 Å². The van der Waals surface area contributed by atoms with E-state index < -0.39 is 29.1 Å². The van der Waals surface area contributed by atoms with E-state index in [1.165, 1.54) is 18.3 Å². The summed E-state index contributed by atoms with van der Waals surface area (Å²) < 4.78 is 55.7. The van der Waals surface area contributed by atoms with Gasteiger partial charge in [0.1, 0.15) is 17.6 Å². The Morgan fingerprint density at radius 1 is 1.07 bits per heavy atom. The predicted octanol–water partition coefficient (Wildman–Crippen LogP) is 7.24. The number of urea groups is 1. The SMILES string of the molecule is CCCC=O.O=C(N[C@@H]1CC2C=CC21)N[C@@](Cc1ccccc1)(c1cc(F)cc(C(F)(F)F)c1)c1ccc(Cl)cn1. The lowest BCUT2D eigenvalue weighted by Crippen LogP contribution is -2.60. The van der Waals surface area contributed by atoms with Crippen molar-refractivity contribution in [2.24, 2.45) is 11.8 Å². The first-order valence-corrected chi connectivity index (χ1v) is 13.7. The number of amides is 2. The molecule has 0 radical (unpaired) electrons. The molecule has 2 N–H and O–H groups in total. The van der Waals surface area contributed by atoms with Crippen molar-refractivity contribution in [3.63, 3.8) is 0 Å². The minimum atomic E-state index is -4.79. The molecular weight excluding hydrogens is 558 g/mol. The Morgan fingerprint density at radius 3 is 2.32 bits per heavy atom. The first kappa shape index (κ1) is 30.2. The van der Waals surface area contributed by atoms with Crippen LogP contribution in [0, 0.1) is 17.7 Å². The van der Waals surface area contributed by atoms with Crippen LogP contribution < -0.4 is 10.6 Å². The van der Waals surface area contributed by atoms with Crippen LogP contribution in [-0.4, -0.2) is 23.3 Å². The van der Waals surface area contributed by atoms with Crippen molar-refractivity contribution in [3.8, 4) is 0 Å². The number of halogens is 5. The average molecular weight is 588 g/mol. The number of hydrogen-bond donors (Lipinski definition) is 2. The van der Waals surface area contributed by atoms with Gasteiger partial charge in [-0.3, -0.25) is 4.98 Å². The third-order valence-electron chi connectivity index (χ3n) is 7.31. The Labute approximate surface area is 241 Å². The van der Waals surface area contributed by atoms with E-state index >= 15 is 0 Å². The maximum Gasteiger partial charge on any atom is 0.416 e. The molecule has 5 rings (SSSR count). The molecule has 0 aliphatic heterocycles. The van der Waals surface area contributed by atoms with Crippen LogP contribution in [0.3, 0.4) is 0 Å². The molecule has 1 aromatic heterocycles. The highest BCUT2D eigenvalue weighted by Crippen LogP contribution is 2.44. The normalized spacial score (nSPS) is 20.2. The van der Waals surface area contributed by atoms with Gasteiger partial charge in [-0.15, -0.1) is 0 Å². The van der Waals surface area contributed by atoms with Gasteiger partial charge in [-0.2, -0.15) is 13.2 Å². The number of nitrogens with zero attached hydrogens (tertiary/aromatic N) is 1. The molecule has 5 nitrogen and oxygen atoms in total. The van der Waals surface area contributed by atoms with Crippen LogP contribution in [0.15, 0.2) is 79.0 Å². The van der Waals surface area contributed by atoms with E-state index in [2.05, 4.69) is 21.7 Å². The molecule has 0 saturated heterocycles. The number of benzene rings is 2. The molecule has 1 saturated carbocycles. The molecule has 0 bridgehead atoms. The van der Waals surface area contributed by atoms with Gasteiger partial charge in [-0.25, -0.2) is 9.18 Å². The fourth-order valence-corrected chi connectivity index (χ4v) is 5.15. The van der Waals surface area contributed by atoms with Gasteiger partial charge in [0, 0.05) is 31.0 Å². The highest BCUT2D eigenvalue weighted by Gasteiger charge is 2.45. The summed E-state index contributed by atoms with van der Waals surface area (Å²) in [5.41, 5.74) is -1.94. The molecule has 3 aromatic rings. The molecule has 4 atom stereocenters.